The van der Waals surface area contributed by atoms with E-state index in [4.69, 9.17) is 10.5 Å². The molecule has 0 aromatic heterocycles. The zero-order valence-electron chi connectivity index (χ0n) is 16.1. The van der Waals surface area contributed by atoms with Crippen molar-refractivity contribution >= 4 is 11.8 Å². The van der Waals surface area contributed by atoms with Gasteiger partial charge in [0.2, 0.25) is 11.8 Å². The fraction of sp³-hybridized carbons (Fsp3) is 0.300. The highest BCUT2D eigenvalue weighted by atomic mass is 19.4. The van der Waals surface area contributed by atoms with E-state index < -0.39 is 53.3 Å². The summed E-state index contributed by atoms with van der Waals surface area (Å²) in [5.41, 5.74) is 2.30. The Morgan fingerprint density at radius 1 is 0.935 bits per heavy atom. The van der Waals surface area contributed by atoms with Gasteiger partial charge < -0.3 is 15.8 Å². The summed E-state index contributed by atoms with van der Waals surface area (Å²) in [4.78, 5) is 23.9. The number of hydrogen-bond acceptors (Lipinski definition) is 3. The number of halogens is 6. The van der Waals surface area contributed by atoms with Crippen LogP contribution < -0.4 is 15.8 Å². The molecule has 0 aliphatic heterocycles. The van der Waals surface area contributed by atoms with E-state index >= 15 is 0 Å². The van der Waals surface area contributed by atoms with E-state index in [1.54, 1.807) is 24.3 Å². The number of benzene rings is 2. The normalized spacial score (nSPS) is 12.9. The van der Waals surface area contributed by atoms with Gasteiger partial charge in [-0.25, -0.2) is 0 Å². The molecule has 0 bridgehead atoms. The van der Waals surface area contributed by atoms with Crippen molar-refractivity contribution < 1.29 is 40.7 Å². The highest BCUT2D eigenvalue weighted by Gasteiger charge is 2.37. The lowest BCUT2D eigenvalue weighted by atomic mass is 10.0. The summed E-state index contributed by atoms with van der Waals surface area (Å²) >= 11 is 0. The molecule has 0 spiro atoms. The molecule has 11 heteroatoms. The van der Waals surface area contributed by atoms with Gasteiger partial charge in [-0.3, -0.25) is 9.59 Å². The van der Waals surface area contributed by atoms with E-state index in [9.17, 15) is 35.9 Å². The molecule has 3 N–H and O–H groups in total. The summed E-state index contributed by atoms with van der Waals surface area (Å²) in [6.45, 7) is 0. The third-order valence-corrected chi connectivity index (χ3v) is 4.29. The monoisotopic (exact) mass is 448 g/mol. The third kappa shape index (κ3) is 6.90. The van der Waals surface area contributed by atoms with E-state index in [-0.39, 0.29) is 12.5 Å². The molecule has 2 rings (SSSR count). The first-order chi connectivity index (χ1) is 14.3. The van der Waals surface area contributed by atoms with Crippen molar-refractivity contribution in [1.82, 2.24) is 5.32 Å². The number of carbonyl (C=O) groups is 2. The second kappa shape index (κ2) is 9.27. The van der Waals surface area contributed by atoms with Crippen molar-refractivity contribution in [1.29, 1.82) is 0 Å². The van der Waals surface area contributed by atoms with Gasteiger partial charge in [-0.1, -0.05) is 12.1 Å². The standard InChI is InChI=1S/C20H18F6N2O3/c1-31-15-4-2-11(3-5-15)8-16(18(27)30)28-17(29)9-12-6-13(19(21,22)23)10-14(7-12)20(24,25)26/h2-7,10,16H,8-9H2,1H3,(H2,27,30)(H,28,29)/t16-/m1/s1. The molecule has 5 nitrogen and oxygen atoms in total. The molecule has 0 unspecified atom stereocenters. The largest absolute Gasteiger partial charge is 0.497 e. The van der Waals surface area contributed by atoms with Gasteiger partial charge in [0.05, 0.1) is 24.7 Å². The molecule has 0 fully saturated rings. The average Bonchev–Trinajstić information content (AvgIpc) is 2.66. The minimum atomic E-state index is -5.03. The van der Waals surface area contributed by atoms with Gasteiger partial charge in [0.15, 0.2) is 0 Å². The maximum Gasteiger partial charge on any atom is 0.416 e. The number of carbonyl (C=O) groups excluding carboxylic acids is 2. The Kier molecular flexibility index (Phi) is 7.19. The van der Waals surface area contributed by atoms with E-state index in [0.29, 0.717) is 23.4 Å². The summed E-state index contributed by atoms with van der Waals surface area (Å²) in [6.07, 6.45) is -10.9. The highest BCUT2D eigenvalue weighted by molar-refractivity contribution is 5.87. The second-order valence-corrected chi connectivity index (χ2v) is 6.67. The maximum absolute atomic E-state index is 12.9. The minimum Gasteiger partial charge on any atom is -0.497 e. The van der Waals surface area contributed by atoms with Gasteiger partial charge in [-0.15, -0.1) is 0 Å². The molecule has 0 aliphatic rings. The Morgan fingerprint density at radius 2 is 1.45 bits per heavy atom. The van der Waals surface area contributed by atoms with Gasteiger partial charge >= 0.3 is 12.4 Å². The van der Waals surface area contributed by atoms with E-state index in [0.717, 1.165) is 0 Å². The number of ether oxygens (including phenoxy) is 1. The van der Waals surface area contributed by atoms with Crippen molar-refractivity contribution in [3.63, 3.8) is 0 Å². The van der Waals surface area contributed by atoms with Gasteiger partial charge in [0, 0.05) is 6.42 Å². The first kappa shape index (κ1) is 24.0. The van der Waals surface area contributed by atoms with Gasteiger partial charge in [0.25, 0.3) is 0 Å². The molecule has 0 saturated carbocycles. The van der Waals surface area contributed by atoms with Crippen molar-refractivity contribution in [2.75, 3.05) is 7.11 Å². The zero-order chi connectivity index (χ0) is 23.4. The Hall–Kier alpha value is -3.24. The number of nitrogens with one attached hydrogen (secondary N) is 1. The molecule has 2 aromatic carbocycles. The summed E-state index contributed by atoms with van der Waals surface area (Å²) < 4.78 is 82.7. The Bertz CT molecular complexity index is 907. The number of hydrogen-bond donors (Lipinski definition) is 2. The van der Waals surface area contributed by atoms with E-state index in [1.165, 1.54) is 7.11 Å². The summed E-state index contributed by atoms with van der Waals surface area (Å²) in [6, 6.07) is 6.11. The fourth-order valence-corrected chi connectivity index (χ4v) is 2.77. The van der Waals surface area contributed by atoms with Crippen LogP contribution in [0.25, 0.3) is 0 Å². The van der Waals surface area contributed by atoms with Crippen LogP contribution in [0.2, 0.25) is 0 Å². The lowest BCUT2D eigenvalue weighted by molar-refractivity contribution is -0.143. The van der Waals surface area contributed by atoms with Crippen LogP contribution in [0.5, 0.6) is 5.75 Å². The number of rotatable bonds is 7. The number of methoxy groups -OCH3 is 1. The van der Waals surface area contributed by atoms with Gasteiger partial charge in [-0.2, -0.15) is 26.3 Å². The number of alkyl halides is 6. The minimum absolute atomic E-state index is 0.0263. The lowest BCUT2D eigenvalue weighted by Gasteiger charge is -2.17. The fourth-order valence-electron chi connectivity index (χ4n) is 2.77. The van der Waals surface area contributed by atoms with E-state index in [1.807, 2.05) is 0 Å². The second-order valence-electron chi connectivity index (χ2n) is 6.67. The molecule has 0 saturated heterocycles. The summed E-state index contributed by atoms with van der Waals surface area (Å²) in [7, 11) is 1.46. The Labute approximate surface area is 173 Å². The van der Waals surface area contributed by atoms with Crippen LogP contribution in [-0.2, 0) is 34.8 Å². The SMILES string of the molecule is COc1ccc(C[C@@H](NC(=O)Cc2cc(C(F)(F)F)cc(C(F)(F)F)c2)C(N)=O)cc1. The van der Waals surface area contributed by atoms with Crippen LogP contribution >= 0.6 is 0 Å². The van der Waals surface area contributed by atoms with Crippen molar-refractivity contribution in [3.8, 4) is 5.75 Å². The zero-order valence-corrected chi connectivity index (χ0v) is 16.1. The van der Waals surface area contributed by atoms with Crippen molar-refractivity contribution in [2.24, 2.45) is 5.73 Å². The van der Waals surface area contributed by atoms with Gasteiger partial charge in [-0.05, 0) is 41.5 Å². The van der Waals surface area contributed by atoms with E-state index in [2.05, 4.69) is 5.32 Å². The topological polar surface area (TPSA) is 81.4 Å². The van der Waals surface area contributed by atoms with Crippen molar-refractivity contribution in [2.45, 2.75) is 31.2 Å². The summed E-state index contributed by atoms with van der Waals surface area (Å²) in [5, 5.41) is 2.25. The number of nitrogens with two attached hydrogens (primary N) is 1. The molecule has 0 aliphatic carbocycles. The predicted molar refractivity (Wildman–Crippen MR) is 98.0 cm³/mol. The molecular formula is C20H18F6N2O3. The van der Waals surface area contributed by atoms with Crippen molar-refractivity contribution in [3.05, 3.63) is 64.7 Å². The Balaban J connectivity index is 2.19. The van der Waals surface area contributed by atoms with Crippen LogP contribution in [0.3, 0.4) is 0 Å². The quantitative estimate of drug-likeness (QED) is 0.637. The number of primary amides is 1. The molecule has 0 heterocycles. The predicted octanol–water partition coefficient (Wildman–Crippen LogP) is 3.49. The smallest absolute Gasteiger partial charge is 0.416 e. The van der Waals surface area contributed by atoms with Gasteiger partial charge in [0.1, 0.15) is 11.8 Å². The van der Waals surface area contributed by atoms with Crippen LogP contribution in [0.1, 0.15) is 22.3 Å². The average molecular weight is 448 g/mol. The van der Waals surface area contributed by atoms with Crippen LogP contribution in [0.4, 0.5) is 26.3 Å². The summed E-state index contributed by atoms with van der Waals surface area (Å²) in [5.74, 6) is -1.32. The molecular weight excluding hydrogens is 430 g/mol. The number of amides is 2. The third-order valence-electron chi connectivity index (χ3n) is 4.29. The van der Waals surface area contributed by atoms with Crippen LogP contribution in [0, 0.1) is 0 Å². The lowest BCUT2D eigenvalue weighted by Crippen LogP contribution is -2.46. The first-order valence-electron chi connectivity index (χ1n) is 8.79. The highest BCUT2D eigenvalue weighted by Crippen LogP contribution is 2.36. The first-order valence-corrected chi connectivity index (χ1v) is 8.79. The molecule has 168 valence electrons. The molecule has 2 aromatic rings. The molecule has 2 amide bonds. The van der Waals surface area contributed by atoms with Crippen LogP contribution in [0.15, 0.2) is 42.5 Å². The Morgan fingerprint density at radius 3 is 1.87 bits per heavy atom. The molecule has 0 radical (unpaired) electrons. The molecule has 1 atom stereocenters. The molecule has 31 heavy (non-hydrogen) atoms. The maximum atomic E-state index is 12.9. The van der Waals surface area contributed by atoms with Crippen LogP contribution in [-0.4, -0.2) is 25.0 Å².